The van der Waals surface area contributed by atoms with Crippen LogP contribution in [0.3, 0.4) is 0 Å². The molecule has 0 saturated heterocycles. The first-order chi connectivity index (χ1) is 12.6. The first kappa shape index (κ1) is 19.7. The zero-order valence-corrected chi connectivity index (χ0v) is 16.0. The van der Waals surface area contributed by atoms with E-state index in [0.717, 1.165) is 25.3 Å². The van der Waals surface area contributed by atoms with E-state index in [1.54, 1.807) is 0 Å². The standard InChI is InChI=1S/C17H23FN4O4S/c1-17(2,27(25,26)9-10-4-3-5-10)15(24)20-16-19-14(21-22-16)12-7-6-11(23)8-13(12)18/h7-8,10-11,23H,3-6,9H2,1-2H3,(H2,19,20,21,22,24). The number of hydrogen-bond donors (Lipinski definition) is 3. The number of amides is 1. The number of aliphatic hydroxyl groups excluding tert-OH is 1. The molecule has 1 aromatic heterocycles. The molecule has 8 nitrogen and oxygen atoms in total. The van der Waals surface area contributed by atoms with Crippen molar-refractivity contribution >= 4 is 27.3 Å². The fourth-order valence-corrected chi connectivity index (χ4v) is 4.59. The Morgan fingerprint density at radius 2 is 2.11 bits per heavy atom. The lowest BCUT2D eigenvalue weighted by atomic mass is 9.87. The van der Waals surface area contributed by atoms with Crippen molar-refractivity contribution in [2.45, 2.75) is 50.4 Å². The van der Waals surface area contributed by atoms with Gasteiger partial charge in [-0.2, -0.15) is 0 Å². The summed E-state index contributed by atoms with van der Waals surface area (Å²) in [7, 11) is -3.65. The quantitative estimate of drug-likeness (QED) is 0.670. The Kier molecular flexibility index (Phi) is 5.22. The van der Waals surface area contributed by atoms with Gasteiger partial charge in [0.2, 0.25) is 11.9 Å². The number of carbonyl (C=O) groups is 1. The first-order valence-electron chi connectivity index (χ1n) is 8.83. The Bertz CT molecular complexity index is 900. The lowest BCUT2D eigenvalue weighted by molar-refractivity contribution is -0.117. The van der Waals surface area contributed by atoms with Gasteiger partial charge in [-0.25, -0.2) is 12.8 Å². The Morgan fingerprint density at radius 1 is 1.41 bits per heavy atom. The van der Waals surface area contributed by atoms with Crippen LogP contribution in [-0.4, -0.2) is 51.2 Å². The van der Waals surface area contributed by atoms with Crippen LogP contribution >= 0.6 is 0 Å². The van der Waals surface area contributed by atoms with Crippen LogP contribution in [0.15, 0.2) is 18.0 Å². The van der Waals surface area contributed by atoms with Gasteiger partial charge in [0.25, 0.3) is 0 Å². The van der Waals surface area contributed by atoms with Crippen LogP contribution in [0.25, 0.3) is 5.57 Å². The number of nitrogens with one attached hydrogen (secondary N) is 2. The van der Waals surface area contributed by atoms with Gasteiger partial charge in [-0.3, -0.25) is 10.1 Å². The van der Waals surface area contributed by atoms with Crippen molar-refractivity contribution in [3.05, 3.63) is 23.8 Å². The predicted molar refractivity (Wildman–Crippen MR) is 98.0 cm³/mol. The summed E-state index contributed by atoms with van der Waals surface area (Å²) in [5.41, 5.74) is 0.130. The summed E-state index contributed by atoms with van der Waals surface area (Å²) in [5.74, 6) is -1.26. The zero-order chi connectivity index (χ0) is 19.8. The number of carbonyl (C=O) groups excluding carboxylic acids is 1. The van der Waals surface area contributed by atoms with Gasteiger partial charge in [0.15, 0.2) is 15.7 Å². The molecule has 0 aliphatic heterocycles. The third kappa shape index (κ3) is 3.96. The summed E-state index contributed by atoms with van der Waals surface area (Å²) < 4.78 is 37.5. The molecule has 1 saturated carbocycles. The van der Waals surface area contributed by atoms with E-state index in [1.165, 1.54) is 19.9 Å². The number of nitrogens with zero attached hydrogens (tertiary/aromatic N) is 2. The van der Waals surface area contributed by atoms with Gasteiger partial charge < -0.3 is 10.1 Å². The Morgan fingerprint density at radius 3 is 2.70 bits per heavy atom. The normalized spacial score (nSPS) is 21.3. The van der Waals surface area contributed by atoms with E-state index in [9.17, 15) is 22.7 Å². The van der Waals surface area contributed by atoms with E-state index >= 15 is 0 Å². The highest BCUT2D eigenvalue weighted by atomic mass is 32.2. The second kappa shape index (κ2) is 7.16. The van der Waals surface area contributed by atoms with Crippen LogP contribution in [0, 0.1) is 5.92 Å². The van der Waals surface area contributed by atoms with E-state index in [0.29, 0.717) is 0 Å². The van der Waals surface area contributed by atoms with E-state index < -0.39 is 32.4 Å². The van der Waals surface area contributed by atoms with Crippen molar-refractivity contribution in [2.75, 3.05) is 11.1 Å². The molecule has 1 amide bonds. The monoisotopic (exact) mass is 398 g/mol. The lowest BCUT2D eigenvalue weighted by Crippen LogP contribution is -2.47. The summed E-state index contributed by atoms with van der Waals surface area (Å²) in [5, 5.41) is 19.3. The molecular formula is C17H23FN4O4S. The molecule has 1 fully saturated rings. The molecule has 1 aromatic rings. The van der Waals surface area contributed by atoms with Gasteiger partial charge >= 0.3 is 0 Å². The van der Waals surface area contributed by atoms with Gasteiger partial charge in [-0.15, -0.1) is 10.2 Å². The summed E-state index contributed by atoms with van der Waals surface area (Å²) in [4.78, 5) is 15.2. The SMILES string of the molecule is CC(C)(C(=O)Nc1nnc(C2=CCC(O)C=C2F)[nH]1)S(=O)(=O)CC1CCC1. The second-order valence-electron chi connectivity index (χ2n) is 7.50. The minimum Gasteiger partial charge on any atom is -0.389 e. The number of sulfone groups is 1. The number of H-pyrrole nitrogens is 1. The average molecular weight is 398 g/mol. The van der Waals surface area contributed by atoms with Crippen molar-refractivity contribution in [1.29, 1.82) is 0 Å². The molecule has 0 aromatic carbocycles. The fourth-order valence-electron chi connectivity index (χ4n) is 2.89. The maximum atomic E-state index is 13.9. The summed E-state index contributed by atoms with van der Waals surface area (Å²) in [6.07, 6.45) is 4.63. The second-order valence-corrected chi connectivity index (χ2v) is 10.1. The molecule has 3 rings (SSSR count). The Hall–Kier alpha value is -2.07. The Labute approximate surface area is 156 Å². The zero-order valence-electron chi connectivity index (χ0n) is 15.2. The third-order valence-electron chi connectivity index (χ3n) is 5.14. The number of anilines is 1. The molecular weight excluding hydrogens is 375 g/mol. The van der Waals surface area contributed by atoms with Crippen LogP contribution in [0.2, 0.25) is 0 Å². The van der Waals surface area contributed by atoms with Gasteiger partial charge in [0, 0.05) is 0 Å². The molecule has 0 bridgehead atoms. The van der Waals surface area contributed by atoms with Crippen molar-refractivity contribution in [3.63, 3.8) is 0 Å². The number of hydrogen-bond acceptors (Lipinski definition) is 6. The van der Waals surface area contributed by atoms with Crippen LogP contribution in [0.4, 0.5) is 10.3 Å². The van der Waals surface area contributed by atoms with Crippen molar-refractivity contribution < 1.29 is 22.7 Å². The molecule has 27 heavy (non-hydrogen) atoms. The van der Waals surface area contributed by atoms with Crippen molar-refractivity contribution in [1.82, 2.24) is 15.2 Å². The average Bonchev–Trinajstić information content (AvgIpc) is 2.99. The summed E-state index contributed by atoms with van der Waals surface area (Å²) >= 11 is 0. The van der Waals surface area contributed by atoms with Gasteiger partial charge in [0.05, 0.1) is 17.4 Å². The maximum Gasteiger partial charge on any atom is 0.247 e. The number of aromatic nitrogens is 3. The number of rotatable bonds is 6. The van der Waals surface area contributed by atoms with Gasteiger partial charge in [0.1, 0.15) is 10.6 Å². The number of aliphatic hydroxyl groups is 1. The molecule has 2 aliphatic carbocycles. The van der Waals surface area contributed by atoms with E-state index in [2.05, 4.69) is 20.5 Å². The molecule has 3 N–H and O–H groups in total. The third-order valence-corrected chi connectivity index (χ3v) is 7.79. The van der Waals surface area contributed by atoms with Crippen LogP contribution < -0.4 is 5.32 Å². The first-order valence-corrected chi connectivity index (χ1v) is 10.5. The molecule has 1 heterocycles. The Balaban J connectivity index is 1.71. The molecule has 1 unspecified atom stereocenters. The lowest BCUT2D eigenvalue weighted by Gasteiger charge is -2.30. The highest BCUT2D eigenvalue weighted by Gasteiger charge is 2.43. The van der Waals surface area contributed by atoms with Crippen molar-refractivity contribution in [2.24, 2.45) is 5.92 Å². The van der Waals surface area contributed by atoms with E-state index in [1.807, 2.05) is 0 Å². The summed E-state index contributed by atoms with van der Waals surface area (Å²) in [6.45, 7) is 2.72. The number of halogens is 1. The fraction of sp³-hybridized carbons (Fsp3) is 0.588. The van der Waals surface area contributed by atoms with Gasteiger partial charge in [-0.05, 0) is 45.1 Å². The largest absolute Gasteiger partial charge is 0.389 e. The highest BCUT2D eigenvalue weighted by molar-refractivity contribution is 7.93. The van der Waals surface area contributed by atoms with E-state index in [4.69, 9.17) is 0 Å². The number of aromatic amines is 1. The molecule has 10 heteroatoms. The minimum atomic E-state index is -3.65. The summed E-state index contributed by atoms with van der Waals surface area (Å²) in [6, 6.07) is 0. The number of allylic oxidation sites excluding steroid dienone is 2. The highest BCUT2D eigenvalue weighted by Crippen LogP contribution is 2.32. The molecule has 0 radical (unpaired) electrons. The van der Waals surface area contributed by atoms with Crippen LogP contribution in [0.1, 0.15) is 45.4 Å². The maximum absolute atomic E-state index is 13.9. The predicted octanol–water partition coefficient (Wildman–Crippen LogP) is 1.74. The molecule has 0 spiro atoms. The molecule has 2 aliphatic rings. The van der Waals surface area contributed by atoms with Crippen molar-refractivity contribution in [3.8, 4) is 0 Å². The minimum absolute atomic E-state index is 0.0136. The van der Waals surface area contributed by atoms with Gasteiger partial charge in [-0.1, -0.05) is 12.5 Å². The smallest absolute Gasteiger partial charge is 0.247 e. The topological polar surface area (TPSA) is 125 Å². The molecule has 1 atom stereocenters. The van der Waals surface area contributed by atoms with Crippen LogP contribution in [0.5, 0.6) is 0 Å². The van der Waals surface area contributed by atoms with E-state index in [-0.39, 0.29) is 35.4 Å². The van der Waals surface area contributed by atoms with Crippen LogP contribution in [-0.2, 0) is 14.6 Å². The molecule has 148 valence electrons.